The van der Waals surface area contributed by atoms with E-state index in [0.717, 1.165) is 28.3 Å². The molecule has 0 aliphatic heterocycles. The lowest BCUT2D eigenvalue weighted by Gasteiger charge is -2.28. The third-order valence-corrected chi connectivity index (χ3v) is 12.0. The number of hydrogen-bond acceptors (Lipinski definition) is 1. The van der Waals surface area contributed by atoms with Gasteiger partial charge in [0.05, 0.1) is 22.4 Å². The van der Waals surface area contributed by atoms with Gasteiger partial charge in [0.2, 0.25) is 0 Å². The van der Waals surface area contributed by atoms with E-state index in [4.69, 9.17) is 0 Å². The van der Waals surface area contributed by atoms with Crippen molar-refractivity contribution in [1.29, 1.82) is 0 Å². The van der Waals surface area contributed by atoms with Crippen LogP contribution in [0.25, 0.3) is 83.1 Å². The molecule has 0 spiro atoms. The van der Waals surface area contributed by atoms with Crippen LogP contribution in [-0.4, -0.2) is 4.57 Å². The van der Waals surface area contributed by atoms with Gasteiger partial charge in [0.25, 0.3) is 0 Å². The summed E-state index contributed by atoms with van der Waals surface area (Å²) in [5.74, 6) is 0. The number of hydrogen-bond donors (Lipinski definition) is 0. The van der Waals surface area contributed by atoms with E-state index >= 15 is 0 Å². The van der Waals surface area contributed by atoms with Gasteiger partial charge in [0, 0.05) is 33.3 Å². The fraction of sp³-hybridized carbons (Fsp3) is 0. The summed E-state index contributed by atoms with van der Waals surface area (Å²) < 4.78 is 2.44. The Morgan fingerprint density at radius 1 is 0.258 bits per heavy atom. The Hall–Kier alpha value is -8.20. The summed E-state index contributed by atoms with van der Waals surface area (Å²) in [4.78, 5) is 2.39. The molecule has 0 aliphatic rings. The maximum Gasteiger partial charge on any atom is 0.0547 e. The lowest BCUT2D eigenvalue weighted by Crippen LogP contribution is -2.11. The minimum absolute atomic E-state index is 1.08. The quantitative estimate of drug-likeness (QED) is 0.141. The number of aromatic nitrogens is 1. The molecule has 1 heterocycles. The SMILES string of the molecule is c1ccc(-c2ccc(-c3ccc(N(c4ccc(-c5ccccc5-n5c6ccccc6c6ccc(-c7ccccc7)cc65)cc4)c4ccccc4-c4ccccc4)cc3)cc2)cc1. The smallest absolute Gasteiger partial charge is 0.0547 e. The van der Waals surface area contributed by atoms with Crippen LogP contribution in [0.4, 0.5) is 17.1 Å². The van der Waals surface area contributed by atoms with Crippen LogP contribution in [0.1, 0.15) is 0 Å². The molecule has 0 radical (unpaired) electrons. The van der Waals surface area contributed by atoms with Crippen LogP contribution in [0.15, 0.2) is 255 Å². The first-order valence-corrected chi connectivity index (χ1v) is 21.3. The largest absolute Gasteiger partial charge is 0.310 e. The minimum atomic E-state index is 1.08. The Morgan fingerprint density at radius 2 is 0.661 bits per heavy atom. The van der Waals surface area contributed by atoms with Crippen LogP contribution < -0.4 is 4.90 Å². The molecule has 0 saturated carbocycles. The summed E-state index contributed by atoms with van der Waals surface area (Å²) in [5, 5.41) is 2.49. The van der Waals surface area contributed by atoms with Gasteiger partial charge in [-0.15, -0.1) is 0 Å². The maximum atomic E-state index is 2.44. The number of fused-ring (bicyclic) bond motifs is 3. The van der Waals surface area contributed by atoms with E-state index in [1.165, 1.54) is 71.9 Å². The first-order chi connectivity index (χ1) is 30.8. The van der Waals surface area contributed by atoms with Crippen molar-refractivity contribution >= 4 is 38.9 Å². The van der Waals surface area contributed by atoms with Crippen LogP contribution >= 0.6 is 0 Å². The molecule has 62 heavy (non-hydrogen) atoms. The van der Waals surface area contributed by atoms with Crippen LogP contribution in [0.5, 0.6) is 0 Å². The molecule has 2 heteroatoms. The summed E-state index contributed by atoms with van der Waals surface area (Å²) in [6.45, 7) is 0. The Labute approximate surface area is 362 Å². The molecule has 0 fully saturated rings. The average molecular weight is 791 g/mol. The highest BCUT2D eigenvalue weighted by atomic mass is 15.1. The molecule has 0 aliphatic carbocycles. The predicted octanol–water partition coefficient (Wildman–Crippen LogP) is 16.6. The Kier molecular flexibility index (Phi) is 9.57. The highest BCUT2D eigenvalue weighted by molar-refractivity contribution is 6.10. The van der Waals surface area contributed by atoms with Gasteiger partial charge >= 0.3 is 0 Å². The fourth-order valence-corrected chi connectivity index (χ4v) is 8.99. The van der Waals surface area contributed by atoms with Crippen LogP contribution in [0.3, 0.4) is 0 Å². The topological polar surface area (TPSA) is 8.17 Å². The van der Waals surface area contributed by atoms with Gasteiger partial charge in [0.1, 0.15) is 0 Å². The van der Waals surface area contributed by atoms with Gasteiger partial charge in [-0.25, -0.2) is 0 Å². The van der Waals surface area contributed by atoms with Gasteiger partial charge in [-0.3, -0.25) is 0 Å². The summed E-state index contributed by atoms with van der Waals surface area (Å²) >= 11 is 0. The first kappa shape index (κ1) is 36.8. The van der Waals surface area contributed by atoms with Crippen molar-refractivity contribution in [3.8, 4) is 61.3 Å². The zero-order valence-electron chi connectivity index (χ0n) is 34.1. The predicted molar refractivity (Wildman–Crippen MR) is 263 cm³/mol. The number of anilines is 3. The third kappa shape index (κ3) is 6.84. The lowest BCUT2D eigenvalue weighted by molar-refractivity contribution is 1.18. The van der Waals surface area contributed by atoms with Crippen molar-refractivity contribution in [2.75, 3.05) is 4.90 Å². The van der Waals surface area contributed by atoms with Crippen molar-refractivity contribution in [1.82, 2.24) is 4.57 Å². The Bertz CT molecular complexity index is 3290. The van der Waals surface area contributed by atoms with Crippen LogP contribution in [0, 0.1) is 0 Å². The van der Waals surface area contributed by atoms with Crippen molar-refractivity contribution in [2.24, 2.45) is 0 Å². The highest BCUT2D eigenvalue weighted by Crippen LogP contribution is 2.43. The Balaban J connectivity index is 1.00. The fourth-order valence-electron chi connectivity index (χ4n) is 8.99. The first-order valence-electron chi connectivity index (χ1n) is 21.3. The molecule has 11 rings (SSSR count). The molecular formula is C60H42N2. The number of para-hydroxylation sites is 3. The van der Waals surface area contributed by atoms with E-state index in [1.807, 2.05) is 0 Å². The summed E-state index contributed by atoms with van der Waals surface area (Å²) in [6.07, 6.45) is 0. The lowest BCUT2D eigenvalue weighted by atomic mass is 9.99. The number of benzene rings is 10. The third-order valence-electron chi connectivity index (χ3n) is 12.0. The second-order valence-corrected chi connectivity index (χ2v) is 15.7. The number of nitrogens with zero attached hydrogens (tertiary/aromatic N) is 2. The molecule has 2 nitrogen and oxygen atoms in total. The molecule has 1 aromatic heterocycles. The molecule has 10 aromatic carbocycles. The van der Waals surface area contributed by atoms with Crippen LogP contribution in [0.2, 0.25) is 0 Å². The monoisotopic (exact) mass is 790 g/mol. The van der Waals surface area contributed by atoms with E-state index in [-0.39, 0.29) is 0 Å². The second kappa shape index (κ2) is 16.1. The van der Waals surface area contributed by atoms with Gasteiger partial charge < -0.3 is 9.47 Å². The molecule has 11 aromatic rings. The molecular weight excluding hydrogens is 749 g/mol. The van der Waals surface area contributed by atoms with Crippen molar-refractivity contribution in [3.63, 3.8) is 0 Å². The molecule has 0 atom stereocenters. The Morgan fingerprint density at radius 3 is 1.29 bits per heavy atom. The van der Waals surface area contributed by atoms with Crippen molar-refractivity contribution < 1.29 is 0 Å². The van der Waals surface area contributed by atoms with Crippen LogP contribution in [-0.2, 0) is 0 Å². The highest BCUT2D eigenvalue weighted by Gasteiger charge is 2.20. The molecule has 0 bridgehead atoms. The van der Waals surface area contributed by atoms with Gasteiger partial charge in [-0.05, 0) is 93.0 Å². The normalized spacial score (nSPS) is 11.2. The van der Waals surface area contributed by atoms with Gasteiger partial charge in [-0.1, -0.05) is 206 Å². The molecule has 0 unspecified atom stereocenters. The maximum absolute atomic E-state index is 2.44. The van der Waals surface area contributed by atoms with E-state index in [9.17, 15) is 0 Å². The minimum Gasteiger partial charge on any atom is -0.310 e. The molecule has 0 amide bonds. The van der Waals surface area contributed by atoms with Crippen molar-refractivity contribution in [2.45, 2.75) is 0 Å². The van der Waals surface area contributed by atoms with Crippen molar-refractivity contribution in [3.05, 3.63) is 255 Å². The molecule has 0 N–H and O–H groups in total. The molecule has 292 valence electrons. The zero-order chi connectivity index (χ0) is 41.2. The summed E-state index contributed by atoms with van der Waals surface area (Å²) in [5.41, 5.74) is 18.7. The molecule has 0 saturated heterocycles. The van der Waals surface area contributed by atoms with E-state index < -0.39 is 0 Å². The van der Waals surface area contributed by atoms with E-state index in [1.54, 1.807) is 0 Å². The summed E-state index contributed by atoms with van der Waals surface area (Å²) in [7, 11) is 0. The zero-order valence-corrected chi connectivity index (χ0v) is 34.1. The second-order valence-electron chi connectivity index (χ2n) is 15.7. The average Bonchev–Trinajstić information content (AvgIpc) is 3.69. The van der Waals surface area contributed by atoms with Gasteiger partial charge in [-0.2, -0.15) is 0 Å². The van der Waals surface area contributed by atoms with E-state index in [2.05, 4.69) is 264 Å². The standard InChI is InChI=1S/C60H42N2/c1-4-16-43(17-5-1)45-28-30-46(31-29-45)47-32-37-51(38-33-47)61(57-25-13-10-22-53(57)48-20-8-3-9-21-48)52-39-34-49(35-40-52)54-23-11-14-26-58(54)62-59-27-15-12-24-55(59)56-41-36-50(42-60(56)62)44-18-6-2-7-19-44/h1-42H. The number of rotatable bonds is 9. The van der Waals surface area contributed by atoms with Gasteiger partial charge in [0.15, 0.2) is 0 Å². The van der Waals surface area contributed by atoms with E-state index in [0.29, 0.717) is 0 Å². The summed E-state index contributed by atoms with van der Waals surface area (Å²) in [6, 6.07) is 92.0.